The lowest BCUT2D eigenvalue weighted by Gasteiger charge is -2.24. The minimum atomic E-state index is -0.774. The van der Waals surface area contributed by atoms with Gasteiger partial charge in [0.2, 0.25) is 0 Å². The number of amides is 1. The number of rotatable bonds is 4. The number of ether oxygens (including phenoxy) is 3. The van der Waals surface area contributed by atoms with Gasteiger partial charge in [0.05, 0.1) is 12.6 Å². The molecule has 2 saturated heterocycles. The molecule has 0 radical (unpaired) electrons. The molecule has 1 amide bonds. The van der Waals surface area contributed by atoms with Gasteiger partial charge in [-0.25, -0.2) is 4.79 Å². The average molecular weight is 257 g/mol. The molecule has 2 heterocycles. The largest absolute Gasteiger partial charge is 0.444 e. The molecule has 2 rings (SSSR count). The minimum Gasteiger partial charge on any atom is -0.444 e. The number of aliphatic hydroxyl groups excluding tert-OH is 1. The molecular weight excluding hydrogens is 238 g/mol. The number of carbonyl (C=O) groups excluding carboxylic acids is 1. The van der Waals surface area contributed by atoms with Gasteiger partial charge in [-0.3, -0.25) is 0 Å². The number of nitrogens with one attached hydrogen (secondary N) is 1. The van der Waals surface area contributed by atoms with Gasteiger partial charge in [-0.15, -0.1) is 6.58 Å². The molecule has 6 nitrogen and oxygen atoms in total. The van der Waals surface area contributed by atoms with Gasteiger partial charge in [0.25, 0.3) is 0 Å². The summed E-state index contributed by atoms with van der Waals surface area (Å²) in [6, 6.07) is -0.338. The highest BCUT2D eigenvalue weighted by atomic mass is 16.8. The number of aliphatic hydroxyl groups is 1. The molecule has 2 aliphatic rings. The maximum Gasteiger partial charge on any atom is 0.407 e. The first-order valence-corrected chi connectivity index (χ1v) is 6.01. The quantitative estimate of drug-likeness (QED) is 0.719. The van der Waals surface area contributed by atoms with Gasteiger partial charge in [0.15, 0.2) is 5.79 Å². The first kappa shape index (κ1) is 13.3. The van der Waals surface area contributed by atoms with Crippen molar-refractivity contribution < 1.29 is 24.1 Å². The molecule has 0 spiro atoms. The summed E-state index contributed by atoms with van der Waals surface area (Å²) in [5, 5.41) is 12.0. The monoisotopic (exact) mass is 257 g/mol. The van der Waals surface area contributed by atoms with E-state index in [1.165, 1.54) is 0 Å². The second-order valence-corrected chi connectivity index (χ2v) is 4.96. The summed E-state index contributed by atoms with van der Waals surface area (Å²) in [7, 11) is 0. The fourth-order valence-electron chi connectivity index (χ4n) is 2.44. The highest BCUT2D eigenvalue weighted by molar-refractivity contribution is 5.70. The van der Waals surface area contributed by atoms with Crippen molar-refractivity contribution in [3.63, 3.8) is 0 Å². The van der Waals surface area contributed by atoms with E-state index in [-0.39, 0.29) is 18.8 Å². The zero-order valence-electron chi connectivity index (χ0n) is 10.6. The van der Waals surface area contributed by atoms with Crippen molar-refractivity contribution in [3.05, 3.63) is 12.7 Å². The maximum absolute atomic E-state index is 11.3. The molecular formula is C12H19NO5. The first-order chi connectivity index (χ1) is 8.46. The zero-order valence-corrected chi connectivity index (χ0v) is 10.6. The SMILES string of the molecule is C=CC[C@H]1OC(=O)N[C@H]1[C@@H]1OC(C)(C)O[C@@H]1CO. The predicted octanol–water partition coefficient (Wildman–Crippen LogP) is 0.552. The predicted molar refractivity (Wildman–Crippen MR) is 62.9 cm³/mol. The number of hydrogen-bond donors (Lipinski definition) is 2. The molecule has 0 unspecified atom stereocenters. The van der Waals surface area contributed by atoms with E-state index in [4.69, 9.17) is 14.2 Å². The van der Waals surface area contributed by atoms with Crippen LogP contribution in [-0.4, -0.2) is 47.9 Å². The summed E-state index contributed by atoms with van der Waals surface area (Å²) >= 11 is 0. The fraction of sp³-hybridized carbons (Fsp3) is 0.750. The van der Waals surface area contributed by atoms with Crippen LogP contribution >= 0.6 is 0 Å². The molecule has 0 bridgehead atoms. The Balaban J connectivity index is 2.13. The Kier molecular flexibility index (Phi) is 3.61. The van der Waals surface area contributed by atoms with Gasteiger partial charge in [0, 0.05) is 6.42 Å². The van der Waals surface area contributed by atoms with E-state index in [1.807, 2.05) is 0 Å². The van der Waals surface area contributed by atoms with Crippen LogP contribution in [0.15, 0.2) is 12.7 Å². The van der Waals surface area contributed by atoms with Gasteiger partial charge >= 0.3 is 6.09 Å². The van der Waals surface area contributed by atoms with Gasteiger partial charge in [-0.05, 0) is 13.8 Å². The van der Waals surface area contributed by atoms with E-state index in [0.29, 0.717) is 6.42 Å². The summed E-state index contributed by atoms with van der Waals surface area (Å²) < 4.78 is 16.5. The van der Waals surface area contributed by atoms with Crippen molar-refractivity contribution in [2.75, 3.05) is 6.61 Å². The lowest BCUT2D eigenvalue weighted by atomic mass is 9.99. The minimum absolute atomic E-state index is 0.165. The van der Waals surface area contributed by atoms with Crippen molar-refractivity contribution >= 4 is 6.09 Å². The molecule has 0 aromatic rings. The Morgan fingerprint density at radius 3 is 2.78 bits per heavy atom. The first-order valence-electron chi connectivity index (χ1n) is 6.01. The molecule has 2 aliphatic heterocycles. The third-order valence-corrected chi connectivity index (χ3v) is 3.10. The summed E-state index contributed by atoms with van der Waals surface area (Å²) in [4.78, 5) is 11.3. The fourth-order valence-corrected chi connectivity index (χ4v) is 2.44. The van der Waals surface area contributed by atoms with E-state index in [0.717, 1.165) is 0 Å². The molecule has 0 aromatic carbocycles. The van der Waals surface area contributed by atoms with Crippen molar-refractivity contribution in [2.45, 2.75) is 50.4 Å². The van der Waals surface area contributed by atoms with Crippen LogP contribution in [0.4, 0.5) is 4.79 Å². The highest BCUT2D eigenvalue weighted by Gasteiger charge is 2.50. The maximum atomic E-state index is 11.3. The van der Waals surface area contributed by atoms with Crippen molar-refractivity contribution in [3.8, 4) is 0 Å². The number of hydrogen-bond acceptors (Lipinski definition) is 5. The smallest absolute Gasteiger partial charge is 0.407 e. The summed E-state index contributed by atoms with van der Waals surface area (Å²) in [6.45, 7) is 7.02. The molecule has 2 fully saturated rings. The number of cyclic esters (lactones) is 1. The van der Waals surface area contributed by atoms with Crippen LogP contribution in [0.2, 0.25) is 0 Å². The molecule has 4 atom stereocenters. The van der Waals surface area contributed by atoms with E-state index >= 15 is 0 Å². The van der Waals surface area contributed by atoms with Crippen LogP contribution in [0.3, 0.4) is 0 Å². The Morgan fingerprint density at radius 1 is 1.44 bits per heavy atom. The van der Waals surface area contributed by atoms with Crippen LogP contribution in [0.1, 0.15) is 20.3 Å². The third-order valence-electron chi connectivity index (χ3n) is 3.10. The molecule has 0 aliphatic carbocycles. The Hall–Kier alpha value is -1.11. The zero-order chi connectivity index (χ0) is 13.3. The second kappa shape index (κ2) is 4.87. The van der Waals surface area contributed by atoms with Gasteiger partial charge in [0.1, 0.15) is 18.3 Å². The Bertz CT molecular complexity index is 343. The lowest BCUT2D eigenvalue weighted by Crippen LogP contribution is -2.48. The van der Waals surface area contributed by atoms with Crippen LogP contribution in [0.5, 0.6) is 0 Å². The molecule has 18 heavy (non-hydrogen) atoms. The average Bonchev–Trinajstić information content (AvgIpc) is 2.79. The van der Waals surface area contributed by atoms with Crippen molar-refractivity contribution in [2.24, 2.45) is 0 Å². The van der Waals surface area contributed by atoms with Gasteiger partial charge in [-0.2, -0.15) is 0 Å². The second-order valence-electron chi connectivity index (χ2n) is 4.96. The summed E-state index contributed by atoms with van der Waals surface area (Å²) in [6.07, 6.45) is 0.499. The van der Waals surface area contributed by atoms with E-state index in [9.17, 15) is 9.90 Å². The molecule has 0 saturated carbocycles. The third kappa shape index (κ3) is 2.50. The molecule has 0 aromatic heterocycles. The Labute approximate surface area is 106 Å². The molecule has 102 valence electrons. The highest BCUT2D eigenvalue weighted by Crippen LogP contribution is 2.33. The van der Waals surface area contributed by atoms with Crippen LogP contribution in [0.25, 0.3) is 0 Å². The van der Waals surface area contributed by atoms with Crippen molar-refractivity contribution in [1.82, 2.24) is 5.32 Å². The van der Waals surface area contributed by atoms with Crippen LogP contribution in [-0.2, 0) is 14.2 Å². The van der Waals surface area contributed by atoms with Crippen LogP contribution < -0.4 is 5.32 Å². The van der Waals surface area contributed by atoms with Crippen LogP contribution in [0, 0.1) is 0 Å². The topological polar surface area (TPSA) is 77.0 Å². The number of alkyl carbamates (subject to hydrolysis) is 1. The Morgan fingerprint density at radius 2 is 2.17 bits per heavy atom. The number of carbonyl (C=O) groups is 1. The van der Waals surface area contributed by atoms with Crippen molar-refractivity contribution in [1.29, 1.82) is 0 Å². The summed E-state index contributed by atoms with van der Waals surface area (Å²) in [5.41, 5.74) is 0. The normalized spacial score (nSPS) is 38.3. The summed E-state index contributed by atoms with van der Waals surface area (Å²) in [5.74, 6) is -0.774. The van der Waals surface area contributed by atoms with Gasteiger partial charge in [-0.1, -0.05) is 6.08 Å². The van der Waals surface area contributed by atoms with Gasteiger partial charge < -0.3 is 24.6 Å². The van der Waals surface area contributed by atoms with E-state index in [1.54, 1.807) is 19.9 Å². The van der Waals surface area contributed by atoms with E-state index in [2.05, 4.69) is 11.9 Å². The van der Waals surface area contributed by atoms with E-state index < -0.39 is 24.1 Å². The molecule has 2 N–H and O–H groups in total. The standard InChI is InChI=1S/C12H19NO5/c1-4-5-7-9(13-11(15)16-7)10-8(6-14)17-12(2,3)18-10/h4,7-10,14H,1,5-6H2,2-3H3,(H,13,15)/t7-,8-,9-,10-/m1/s1. The lowest BCUT2D eigenvalue weighted by molar-refractivity contribution is -0.151. The molecule has 6 heteroatoms.